The van der Waals surface area contributed by atoms with Crippen molar-refractivity contribution in [2.75, 3.05) is 20.2 Å². The molecule has 18 heavy (non-hydrogen) atoms. The van der Waals surface area contributed by atoms with Crippen LogP contribution in [0.1, 0.15) is 45.4 Å². The lowest BCUT2D eigenvalue weighted by Crippen LogP contribution is -2.48. The Morgan fingerprint density at radius 3 is 2.56 bits per heavy atom. The number of carboxylic acid groups (broad SMARTS) is 1. The number of aliphatic carboxylic acids is 1. The van der Waals surface area contributed by atoms with Gasteiger partial charge in [-0.05, 0) is 58.5 Å². The molecule has 1 aliphatic heterocycles. The zero-order valence-electron chi connectivity index (χ0n) is 11.5. The number of hydrogen-bond acceptors (Lipinski definition) is 3. The smallest absolute Gasteiger partial charge is 0.309 e. The van der Waals surface area contributed by atoms with Gasteiger partial charge in [-0.1, -0.05) is 0 Å². The fourth-order valence-electron chi connectivity index (χ4n) is 3.26. The summed E-state index contributed by atoms with van der Waals surface area (Å²) >= 11 is 0. The Morgan fingerprint density at radius 2 is 2.00 bits per heavy atom. The van der Waals surface area contributed by atoms with Crippen LogP contribution in [0.4, 0.5) is 0 Å². The first kappa shape index (κ1) is 13.8. The third-order valence-corrected chi connectivity index (χ3v) is 4.87. The lowest BCUT2D eigenvalue weighted by molar-refractivity contribution is -0.151. The molecule has 2 aliphatic rings. The number of methoxy groups -OCH3 is 1. The summed E-state index contributed by atoms with van der Waals surface area (Å²) in [7, 11) is 1.80. The number of ether oxygens (including phenoxy) is 1. The molecule has 0 spiro atoms. The van der Waals surface area contributed by atoms with E-state index in [1.807, 2.05) is 6.92 Å². The van der Waals surface area contributed by atoms with Crippen molar-refractivity contribution in [1.29, 1.82) is 0 Å². The zero-order valence-corrected chi connectivity index (χ0v) is 11.5. The normalized spacial score (nSPS) is 33.2. The van der Waals surface area contributed by atoms with E-state index in [2.05, 4.69) is 4.90 Å². The van der Waals surface area contributed by atoms with Crippen molar-refractivity contribution >= 4 is 5.97 Å². The Kier molecular flexibility index (Phi) is 4.28. The molecule has 2 fully saturated rings. The van der Waals surface area contributed by atoms with E-state index in [1.54, 1.807) is 7.11 Å². The Bertz CT molecular complexity index is 297. The van der Waals surface area contributed by atoms with Gasteiger partial charge in [0.25, 0.3) is 0 Å². The molecule has 104 valence electrons. The summed E-state index contributed by atoms with van der Waals surface area (Å²) in [5.74, 6) is -0.638. The first-order valence-electron chi connectivity index (χ1n) is 7.05. The van der Waals surface area contributed by atoms with Crippen molar-refractivity contribution in [1.82, 2.24) is 4.90 Å². The van der Waals surface area contributed by atoms with Gasteiger partial charge >= 0.3 is 5.97 Å². The van der Waals surface area contributed by atoms with E-state index in [-0.39, 0.29) is 0 Å². The molecule has 2 rings (SSSR count). The van der Waals surface area contributed by atoms with E-state index in [4.69, 9.17) is 4.74 Å². The minimum Gasteiger partial charge on any atom is -0.481 e. The second-order valence-corrected chi connectivity index (χ2v) is 6.08. The number of rotatable bonds is 3. The van der Waals surface area contributed by atoms with Gasteiger partial charge in [0.1, 0.15) is 0 Å². The highest BCUT2D eigenvalue weighted by molar-refractivity contribution is 5.74. The fourth-order valence-corrected chi connectivity index (χ4v) is 3.26. The lowest BCUT2D eigenvalue weighted by atomic mass is 9.79. The summed E-state index contributed by atoms with van der Waals surface area (Å²) < 4.78 is 5.47. The van der Waals surface area contributed by atoms with Gasteiger partial charge in [0.15, 0.2) is 0 Å². The van der Waals surface area contributed by atoms with Gasteiger partial charge in [0, 0.05) is 13.2 Å². The quantitative estimate of drug-likeness (QED) is 0.839. The van der Waals surface area contributed by atoms with E-state index < -0.39 is 11.4 Å². The number of carbonyl (C=O) groups is 1. The van der Waals surface area contributed by atoms with Gasteiger partial charge in [0.2, 0.25) is 0 Å². The third-order valence-electron chi connectivity index (χ3n) is 4.87. The number of likely N-dealkylation sites (tertiary alicyclic amines) is 1. The first-order valence-corrected chi connectivity index (χ1v) is 7.05. The van der Waals surface area contributed by atoms with E-state index in [1.165, 1.54) is 19.3 Å². The molecule has 0 aromatic carbocycles. The SMILES string of the molecule is COC1CCCC(N2CCC(C)(C(=O)O)CC2)C1. The average Bonchev–Trinajstić information content (AvgIpc) is 2.39. The highest BCUT2D eigenvalue weighted by Gasteiger charge is 2.39. The Labute approximate surface area is 109 Å². The second-order valence-electron chi connectivity index (χ2n) is 6.08. The van der Waals surface area contributed by atoms with Crippen LogP contribution in [0.3, 0.4) is 0 Å². The van der Waals surface area contributed by atoms with Crippen LogP contribution < -0.4 is 0 Å². The summed E-state index contributed by atoms with van der Waals surface area (Å²) in [4.78, 5) is 13.7. The minimum absolute atomic E-state index is 0.400. The summed E-state index contributed by atoms with van der Waals surface area (Å²) in [5.41, 5.74) is -0.508. The number of carboxylic acids is 1. The molecule has 2 unspecified atom stereocenters. The maximum Gasteiger partial charge on any atom is 0.309 e. The maximum atomic E-state index is 11.2. The van der Waals surface area contributed by atoms with E-state index in [9.17, 15) is 9.90 Å². The van der Waals surface area contributed by atoms with Crippen molar-refractivity contribution in [3.05, 3.63) is 0 Å². The molecule has 0 aromatic rings. The van der Waals surface area contributed by atoms with Crippen LogP contribution in [0.5, 0.6) is 0 Å². The van der Waals surface area contributed by atoms with Crippen molar-refractivity contribution in [2.45, 2.75) is 57.6 Å². The summed E-state index contributed by atoms with van der Waals surface area (Å²) in [6.07, 6.45) is 6.71. The Balaban J connectivity index is 1.87. The summed E-state index contributed by atoms with van der Waals surface area (Å²) in [6.45, 7) is 3.72. The molecular formula is C14H25NO3. The standard InChI is InChI=1S/C14H25NO3/c1-14(13(16)17)6-8-15(9-7-14)11-4-3-5-12(10-11)18-2/h11-12H,3-10H2,1-2H3,(H,16,17). The molecule has 1 saturated heterocycles. The Hall–Kier alpha value is -0.610. The van der Waals surface area contributed by atoms with Crippen LogP contribution in [0.2, 0.25) is 0 Å². The number of hydrogen-bond donors (Lipinski definition) is 1. The van der Waals surface area contributed by atoms with Crippen LogP contribution >= 0.6 is 0 Å². The van der Waals surface area contributed by atoms with E-state index in [0.29, 0.717) is 12.1 Å². The molecule has 0 aromatic heterocycles. The van der Waals surface area contributed by atoms with Gasteiger partial charge < -0.3 is 14.7 Å². The first-order chi connectivity index (χ1) is 8.55. The zero-order chi connectivity index (χ0) is 13.2. The molecular weight excluding hydrogens is 230 g/mol. The van der Waals surface area contributed by atoms with Gasteiger partial charge in [-0.2, -0.15) is 0 Å². The van der Waals surface area contributed by atoms with Crippen molar-refractivity contribution < 1.29 is 14.6 Å². The molecule has 4 nitrogen and oxygen atoms in total. The predicted octanol–water partition coefficient (Wildman–Crippen LogP) is 2.13. The highest BCUT2D eigenvalue weighted by Crippen LogP contribution is 2.34. The van der Waals surface area contributed by atoms with Crippen LogP contribution in [-0.4, -0.2) is 48.3 Å². The molecule has 4 heteroatoms. The van der Waals surface area contributed by atoms with Crippen LogP contribution in [-0.2, 0) is 9.53 Å². The van der Waals surface area contributed by atoms with Gasteiger partial charge in [-0.25, -0.2) is 0 Å². The molecule has 1 saturated carbocycles. The topological polar surface area (TPSA) is 49.8 Å². The molecule has 1 heterocycles. The predicted molar refractivity (Wildman–Crippen MR) is 69.6 cm³/mol. The number of nitrogens with zero attached hydrogens (tertiary/aromatic N) is 1. The molecule has 0 bridgehead atoms. The highest BCUT2D eigenvalue weighted by atomic mass is 16.5. The fraction of sp³-hybridized carbons (Fsp3) is 0.929. The van der Waals surface area contributed by atoms with E-state index in [0.717, 1.165) is 32.4 Å². The molecule has 1 aliphatic carbocycles. The molecule has 1 N–H and O–H groups in total. The van der Waals surface area contributed by atoms with Crippen molar-refractivity contribution in [3.63, 3.8) is 0 Å². The van der Waals surface area contributed by atoms with Gasteiger partial charge in [0.05, 0.1) is 11.5 Å². The Morgan fingerprint density at radius 1 is 1.33 bits per heavy atom. The summed E-state index contributed by atoms with van der Waals surface area (Å²) in [5, 5.41) is 9.24. The van der Waals surface area contributed by atoms with Gasteiger partial charge in [-0.3, -0.25) is 4.79 Å². The minimum atomic E-state index is -0.638. The van der Waals surface area contributed by atoms with Crippen molar-refractivity contribution in [3.8, 4) is 0 Å². The van der Waals surface area contributed by atoms with Crippen molar-refractivity contribution in [2.24, 2.45) is 5.41 Å². The molecule has 2 atom stereocenters. The molecule has 0 amide bonds. The summed E-state index contributed by atoms with van der Waals surface area (Å²) in [6, 6.07) is 0.599. The second kappa shape index (κ2) is 5.57. The largest absolute Gasteiger partial charge is 0.481 e. The van der Waals surface area contributed by atoms with Crippen LogP contribution in [0, 0.1) is 5.41 Å². The van der Waals surface area contributed by atoms with Gasteiger partial charge in [-0.15, -0.1) is 0 Å². The number of piperidine rings is 1. The monoisotopic (exact) mass is 255 g/mol. The third kappa shape index (κ3) is 2.86. The van der Waals surface area contributed by atoms with E-state index >= 15 is 0 Å². The van der Waals surface area contributed by atoms with Crippen LogP contribution in [0.15, 0.2) is 0 Å². The average molecular weight is 255 g/mol. The maximum absolute atomic E-state index is 11.2. The lowest BCUT2D eigenvalue weighted by Gasteiger charge is -2.43. The van der Waals surface area contributed by atoms with Crippen LogP contribution in [0.25, 0.3) is 0 Å². The molecule has 0 radical (unpaired) electrons.